The number of aromatic nitrogens is 8. The van der Waals surface area contributed by atoms with Crippen LogP contribution >= 0.6 is 15.0 Å². The van der Waals surface area contributed by atoms with E-state index in [0.717, 1.165) is 10.9 Å². The number of ether oxygens (including phenoxy) is 2. The molecule has 45 heavy (non-hydrogen) atoms. The van der Waals surface area contributed by atoms with Gasteiger partial charge in [0.25, 0.3) is 5.56 Å². The van der Waals surface area contributed by atoms with E-state index >= 15 is 0 Å². The van der Waals surface area contributed by atoms with Gasteiger partial charge < -0.3 is 50.6 Å². The number of nitrogens with zero attached hydrogens (tertiary/aromatic N) is 7. The van der Waals surface area contributed by atoms with Crippen molar-refractivity contribution in [1.29, 1.82) is 0 Å². The van der Waals surface area contributed by atoms with E-state index in [2.05, 4.69) is 41.7 Å². The minimum absolute atomic E-state index is 0.0757. The number of imidazole rings is 2. The van der Waals surface area contributed by atoms with Gasteiger partial charge in [-0.15, -0.1) is 0 Å². The summed E-state index contributed by atoms with van der Waals surface area (Å²) in [5.41, 5.74) is 10.9. The van der Waals surface area contributed by atoms with Crippen LogP contribution in [-0.2, 0) is 39.4 Å². The Bertz CT molecular complexity index is 1860. The van der Waals surface area contributed by atoms with Gasteiger partial charge in [-0.1, -0.05) is 0 Å². The van der Waals surface area contributed by atoms with E-state index in [-0.39, 0.29) is 34.1 Å². The van der Waals surface area contributed by atoms with Crippen molar-refractivity contribution in [3.63, 3.8) is 0 Å². The molecule has 0 amide bonds. The van der Waals surface area contributed by atoms with E-state index in [1.54, 1.807) is 0 Å². The lowest BCUT2D eigenvalue weighted by atomic mass is 10.1. The summed E-state index contributed by atoms with van der Waals surface area (Å²) in [6.07, 6.45) is -8.20. The largest absolute Gasteiger partial charge is 0.472 e. The van der Waals surface area contributed by atoms with Crippen LogP contribution in [0, 0.1) is 0 Å². The SMILES string of the molecule is Nc1nc2c(ncn2[C@@H]2O[C@H](CO[PH](O)=S)[C@@H](O)[C@H]2OP(=O)(O)OC[C@H]2O[C@@H](n3cnc4c(N)ncnc43)[C@H](O)[C@@H]2O)c(=O)[nH]1. The second-order valence-corrected chi connectivity index (χ2v) is 13.1. The van der Waals surface area contributed by atoms with Crippen molar-refractivity contribution < 1.29 is 52.7 Å². The number of nitrogen functional groups attached to an aromatic ring is 2. The Labute approximate surface area is 255 Å². The monoisotopic (exact) mass is 692 g/mol. The van der Waals surface area contributed by atoms with Crippen molar-refractivity contribution in [3.8, 4) is 0 Å². The minimum Gasteiger partial charge on any atom is -0.387 e. The molecule has 0 aromatic carbocycles. The molecule has 2 aliphatic heterocycles. The Balaban J connectivity index is 1.20. The summed E-state index contributed by atoms with van der Waals surface area (Å²) < 4.78 is 42.6. The molecule has 4 aromatic rings. The molecule has 2 aliphatic rings. The highest BCUT2D eigenvalue weighted by Crippen LogP contribution is 2.50. The van der Waals surface area contributed by atoms with Gasteiger partial charge in [0.2, 0.25) is 5.95 Å². The first-order chi connectivity index (χ1) is 21.3. The summed E-state index contributed by atoms with van der Waals surface area (Å²) in [5, 5.41) is 32.3. The molecule has 25 heteroatoms. The Kier molecular flexibility index (Phi) is 8.73. The van der Waals surface area contributed by atoms with Crippen molar-refractivity contribution >= 4 is 60.9 Å². The summed E-state index contributed by atoms with van der Waals surface area (Å²) in [5.74, 6) is -0.193. The number of anilines is 2. The third kappa shape index (κ3) is 6.11. The van der Waals surface area contributed by atoms with Crippen LogP contribution in [0.5, 0.6) is 0 Å². The third-order valence-electron chi connectivity index (χ3n) is 7.06. The second kappa shape index (κ2) is 12.3. The fourth-order valence-corrected chi connectivity index (χ4v) is 6.42. The van der Waals surface area contributed by atoms with Gasteiger partial charge in [-0.3, -0.25) is 28.0 Å². The van der Waals surface area contributed by atoms with Crippen molar-refractivity contribution in [2.24, 2.45) is 0 Å². The smallest absolute Gasteiger partial charge is 0.387 e. The van der Waals surface area contributed by atoms with Gasteiger partial charge >= 0.3 is 7.82 Å². The molecular formula is C20H26N10O12P2S. The zero-order valence-corrected chi connectivity index (χ0v) is 25.2. The van der Waals surface area contributed by atoms with E-state index in [1.165, 1.54) is 17.2 Å². The van der Waals surface area contributed by atoms with Gasteiger partial charge in [0.05, 0.1) is 25.9 Å². The molecule has 0 bridgehead atoms. The van der Waals surface area contributed by atoms with E-state index in [1.807, 2.05) is 0 Å². The highest BCUT2D eigenvalue weighted by atomic mass is 32.4. The highest BCUT2D eigenvalue weighted by molar-refractivity contribution is 8.00. The van der Waals surface area contributed by atoms with Crippen molar-refractivity contribution in [3.05, 3.63) is 29.3 Å². The van der Waals surface area contributed by atoms with Crippen LogP contribution in [0.4, 0.5) is 11.8 Å². The second-order valence-electron chi connectivity index (χ2n) is 9.87. The number of fused-ring (bicyclic) bond motifs is 2. The quantitative estimate of drug-likeness (QED) is 0.0768. The Morgan fingerprint density at radius 1 is 0.978 bits per heavy atom. The molecule has 0 aliphatic carbocycles. The molecule has 4 aromatic heterocycles. The first kappa shape index (κ1) is 31.9. The highest BCUT2D eigenvalue weighted by Gasteiger charge is 2.51. The molecule has 244 valence electrons. The van der Waals surface area contributed by atoms with Gasteiger partial charge in [0, 0.05) is 0 Å². The molecule has 10 atom stereocenters. The number of aliphatic hydroxyl groups excluding tert-OH is 3. The Morgan fingerprint density at radius 3 is 2.38 bits per heavy atom. The maximum Gasteiger partial charge on any atom is 0.472 e. The molecule has 6 rings (SSSR count). The molecule has 10 N–H and O–H groups in total. The number of aromatic amines is 1. The van der Waals surface area contributed by atoms with Crippen molar-refractivity contribution in [2.75, 3.05) is 24.7 Å². The molecule has 0 spiro atoms. The van der Waals surface area contributed by atoms with Crippen LogP contribution in [0.2, 0.25) is 0 Å². The van der Waals surface area contributed by atoms with Crippen LogP contribution in [-0.4, -0.2) is 114 Å². The zero-order valence-electron chi connectivity index (χ0n) is 22.5. The number of hydrogen-bond acceptors (Lipinski definition) is 18. The van der Waals surface area contributed by atoms with Gasteiger partial charge in [0.1, 0.15) is 48.5 Å². The number of phosphoric acid groups is 1. The van der Waals surface area contributed by atoms with E-state index < -0.39 is 82.8 Å². The number of nitrogens with two attached hydrogens (primary N) is 2. The first-order valence-corrected chi connectivity index (χ1v) is 16.8. The molecule has 2 fully saturated rings. The van der Waals surface area contributed by atoms with Crippen molar-refractivity contribution in [1.82, 2.24) is 39.0 Å². The molecule has 0 saturated carbocycles. The van der Waals surface area contributed by atoms with E-state index in [4.69, 9.17) is 34.5 Å². The molecule has 2 saturated heterocycles. The van der Waals surface area contributed by atoms with E-state index in [0.29, 0.717) is 0 Å². The summed E-state index contributed by atoms with van der Waals surface area (Å²) in [4.78, 5) is 54.6. The number of nitrogens with one attached hydrogen (secondary N) is 1. The normalized spacial score (nSPS) is 30.7. The summed E-state index contributed by atoms with van der Waals surface area (Å²) in [6.45, 7) is -1.19. The van der Waals surface area contributed by atoms with Crippen LogP contribution in [0.1, 0.15) is 12.5 Å². The van der Waals surface area contributed by atoms with Gasteiger partial charge in [0.15, 0.2) is 42.2 Å². The van der Waals surface area contributed by atoms with E-state index in [9.17, 15) is 34.5 Å². The molecular weight excluding hydrogens is 666 g/mol. The molecule has 22 nitrogen and oxygen atoms in total. The van der Waals surface area contributed by atoms with Crippen LogP contribution < -0.4 is 17.0 Å². The standard InChI is InChI=1S/C20H26N10O12P2S/c21-14-8-15(24-3-23-14)29(4-25-8)18-12(33)10(31)7(40-18)2-39-44(36,37)42-13-11(32)6(1-38-43(35)45)41-19(13)30-5-26-9-16(30)27-20(22)28-17(9)34/h3-7,10-13,18-19,31-33,43H,1-2H2,(H,35,45)(H,36,37)(H2,21,23,24)(H3,22,27,28,34)/t6-,7-,10-,11-,12-,13-,18-,19-/m1/s1. The predicted octanol–water partition coefficient (Wildman–Crippen LogP) is -2.98. The Morgan fingerprint density at radius 2 is 1.64 bits per heavy atom. The molecule has 0 radical (unpaired) electrons. The predicted molar refractivity (Wildman–Crippen MR) is 153 cm³/mol. The van der Waals surface area contributed by atoms with Crippen LogP contribution in [0.3, 0.4) is 0 Å². The fourth-order valence-electron chi connectivity index (χ4n) is 4.98. The first-order valence-electron chi connectivity index (χ1n) is 12.9. The Hall–Kier alpha value is -3.02. The van der Waals surface area contributed by atoms with Crippen LogP contribution in [0.25, 0.3) is 22.3 Å². The average Bonchev–Trinajstić information content (AvgIpc) is 3.73. The lowest BCUT2D eigenvalue weighted by molar-refractivity contribution is -0.0608. The summed E-state index contributed by atoms with van der Waals surface area (Å²) in [7, 11) is -7.73. The van der Waals surface area contributed by atoms with Gasteiger partial charge in [-0.2, -0.15) is 4.98 Å². The minimum atomic E-state index is -5.11. The summed E-state index contributed by atoms with van der Waals surface area (Å²) in [6, 6.07) is 0. The maximum absolute atomic E-state index is 13.1. The lowest BCUT2D eigenvalue weighted by Gasteiger charge is -2.25. The number of rotatable bonds is 10. The van der Waals surface area contributed by atoms with Crippen molar-refractivity contribution in [2.45, 2.75) is 49.1 Å². The average molecular weight is 693 g/mol. The lowest BCUT2D eigenvalue weighted by Crippen LogP contribution is -2.36. The zero-order chi connectivity index (χ0) is 32.2. The number of H-pyrrole nitrogens is 1. The number of aliphatic hydroxyl groups is 3. The third-order valence-corrected chi connectivity index (χ3v) is 8.82. The maximum atomic E-state index is 13.1. The molecule has 6 heterocycles. The topological polar surface area (TPSA) is 324 Å². The fraction of sp³-hybridized carbons (Fsp3) is 0.500. The molecule has 2 unspecified atom stereocenters. The number of hydrogen-bond donors (Lipinski definition) is 8. The van der Waals surface area contributed by atoms with Crippen LogP contribution in [0.15, 0.2) is 23.8 Å². The number of phosphoric ester groups is 1. The summed E-state index contributed by atoms with van der Waals surface area (Å²) >= 11 is 4.66. The van der Waals surface area contributed by atoms with Gasteiger partial charge in [-0.05, 0) is 11.8 Å². The van der Waals surface area contributed by atoms with Gasteiger partial charge in [-0.25, -0.2) is 24.5 Å².